The molecule has 0 fully saturated rings. The van der Waals surface area contributed by atoms with Crippen LogP contribution in [0.3, 0.4) is 0 Å². The maximum absolute atomic E-state index is 10.9. The number of fused-ring (bicyclic) bond motifs is 1. The Labute approximate surface area is 87.3 Å². The summed E-state index contributed by atoms with van der Waals surface area (Å²) in [5, 5.41) is 11.8. The van der Waals surface area contributed by atoms with Crippen LogP contribution in [0.25, 0.3) is 10.9 Å². The van der Waals surface area contributed by atoms with E-state index in [0.29, 0.717) is 0 Å². The van der Waals surface area contributed by atoms with Crippen LogP contribution in [0.15, 0.2) is 30.5 Å². The molecule has 15 heavy (non-hydrogen) atoms. The van der Waals surface area contributed by atoms with Crippen LogP contribution in [-0.2, 0) is 6.54 Å². The Morgan fingerprint density at radius 2 is 2.20 bits per heavy atom. The molecule has 4 nitrogen and oxygen atoms in total. The van der Waals surface area contributed by atoms with Gasteiger partial charge < -0.3 is 4.57 Å². The highest BCUT2D eigenvalue weighted by Gasteiger charge is 2.14. The molecule has 1 aromatic heterocycles. The first-order valence-electron chi connectivity index (χ1n) is 4.96. The maximum Gasteiger partial charge on any atom is 0.293 e. The number of hydrogen-bond acceptors (Lipinski definition) is 2. The molecular formula is C11H12N2O2. The van der Waals surface area contributed by atoms with E-state index < -0.39 is 0 Å². The average Bonchev–Trinajstić information content (AvgIpc) is 2.62. The van der Waals surface area contributed by atoms with Crippen molar-refractivity contribution in [1.29, 1.82) is 0 Å². The monoisotopic (exact) mass is 204 g/mol. The van der Waals surface area contributed by atoms with Crippen molar-refractivity contribution in [2.45, 2.75) is 19.9 Å². The Bertz CT molecular complexity index is 502. The van der Waals surface area contributed by atoms with Crippen LogP contribution in [0.2, 0.25) is 0 Å². The smallest absolute Gasteiger partial charge is 0.293 e. The average molecular weight is 204 g/mol. The molecule has 4 heteroatoms. The van der Waals surface area contributed by atoms with E-state index in [1.807, 2.05) is 22.9 Å². The standard InChI is InChI=1S/C11H12N2O2/c1-2-7-12-8-6-9-4-3-5-10(11(9)12)13(14)15/h3-6,8H,2,7H2,1H3. The molecule has 0 aliphatic heterocycles. The molecule has 1 aromatic carbocycles. The molecule has 1 heterocycles. The molecule has 0 amide bonds. The highest BCUT2D eigenvalue weighted by molar-refractivity contribution is 5.88. The Hall–Kier alpha value is -1.84. The molecule has 0 N–H and O–H groups in total. The van der Waals surface area contributed by atoms with Crippen molar-refractivity contribution >= 4 is 16.6 Å². The van der Waals surface area contributed by atoms with Crippen molar-refractivity contribution < 1.29 is 4.92 Å². The summed E-state index contributed by atoms with van der Waals surface area (Å²) >= 11 is 0. The molecule has 0 atom stereocenters. The van der Waals surface area contributed by atoms with Gasteiger partial charge in [-0.2, -0.15) is 0 Å². The lowest BCUT2D eigenvalue weighted by atomic mass is 10.2. The van der Waals surface area contributed by atoms with Crippen LogP contribution >= 0.6 is 0 Å². The van der Waals surface area contributed by atoms with Crippen LogP contribution in [0.5, 0.6) is 0 Å². The van der Waals surface area contributed by atoms with Crippen molar-refractivity contribution in [3.05, 3.63) is 40.6 Å². The van der Waals surface area contributed by atoms with Crippen LogP contribution in [0, 0.1) is 10.1 Å². The number of rotatable bonds is 3. The lowest BCUT2D eigenvalue weighted by Crippen LogP contribution is -1.97. The fraction of sp³-hybridized carbons (Fsp3) is 0.273. The maximum atomic E-state index is 10.9. The first kappa shape index (κ1) is 9.71. The lowest BCUT2D eigenvalue weighted by molar-refractivity contribution is -0.383. The topological polar surface area (TPSA) is 48.1 Å². The quantitative estimate of drug-likeness (QED) is 0.570. The molecule has 0 spiro atoms. The second-order valence-corrected chi connectivity index (χ2v) is 3.48. The minimum absolute atomic E-state index is 0.186. The minimum Gasteiger partial charge on any atom is -0.342 e. The Kier molecular flexibility index (Phi) is 2.41. The number of nitro benzene ring substituents is 1. The summed E-state index contributed by atoms with van der Waals surface area (Å²) in [4.78, 5) is 10.5. The van der Waals surface area contributed by atoms with Gasteiger partial charge in [0.05, 0.1) is 4.92 Å². The predicted molar refractivity (Wildman–Crippen MR) is 58.9 cm³/mol. The van der Waals surface area contributed by atoms with E-state index in [1.54, 1.807) is 12.1 Å². The summed E-state index contributed by atoms with van der Waals surface area (Å²) in [6, 6.07) is 7.08. The molecule has 0 aliphatic rings. The highest BCUT2D eigenvalue weighted by atomic mass is 16.6. The second kappa shape index (κ2) is 3.73. The molecule has 2 rings (SSSR count). The van der Waals surface area contributed by atoms with Gasteiger partial charge in [-0.1, -0.05) is 19.1 Å². The summed E-state index contributed by atoms with van der Waals surface area (Å²) in [7, 11) is 0. The van der Waals surface area contributed by atoms with Gasteiger partial charge in [-0.25, -0.2) is 0 Å². The summed E-state index contributed by atoms with van der Waals surface area (Å²) in [5.74, 6) is 0. The predicted octanol–water partition coefficient (Wildman–Crippen LogP) is 2.96. The number of para-hydroxylation sites is 1. The molecule has 0 saturated heterocycles. The zero-order chi connectivity index (χ0) is 10.8. The number of non-ortho nitro benzene ring substituents is 1. The van der Waals surface area contributed by atoms with Crippen LogP contribution in [0.1, 0.15) is 13.3 Å². The van der Waals surface area contributed by atoms with E-state index in [1.165, 1.54) is 0 Å². The van der Waals surface area contributed by atoms with Gasteiger partial charge in [0.2, 0.25) is 0 Å². The van der Waals surface area contributed by atoms with Crippen molar-refractivity contribution in [2.24, 2.45) is 0 Å². The lowest BCUT2D eigenvalue weighted by Gasteiger charge is -2.02. The first-order chi connectivity index (χ1) is 7.24. The summed E-state index contributed by atoms with van der Waals surface area (Å²) in [6.07, 6.45) is 2.87. The van der Waals surface area contributed by atoms with Crippen molar-refractivity contribution in [2.75, 3.05) is 0 Å². The van der Waals surface area contributed by atoms with Gasteiger partial charge in [0, 0.05) is 24.2 Å². The molecule has 0 bridgehead atoms. The number of aryl methyl sites for hydroxylation is 1. The molecule has 78 valence electrons. The molecule has 2 aromatic rings. The van der Waals surface area contributed by atoms with Gasteiger partial charge in [-0.15, -0.1) is 0 Å². The SMILES string of the molecule is CCCn1ccc2cccc([N+](=O)[O-])c21. The number of nitrogens with zero attached hydrogens (tertiary/aromatic N) is 2. The normalized spacial score (nSPS) is 10.7. The zero-order valence-electron chi connectivity index (χ0n) is 8.51. The molecular weight excluding hydrogens is 192 g/mol. The number of hydrogen-bond donors (Lipinski definition) is 0. The van der Waals surface area contributed by atoms with Crippen molar-refractivity contribution in [3.63, 3.8) is 0 Å². The number of nitro groups is 1. The number of aromatic nitrogens is 1. The summed E-state index contributed by atoms with van der Waals surface area (Å²) in [6.45, 7) is 2.87. The molecule has 0 radical (unpaired) electrons. The van der Waals surface area contributed by atoms with Gasteiger partial charge >= 0.3 is 0 Å². The van der Waals surface area contributed by atoms with Gasteiger partial charge in [0.15, 0.2) is 0 Å². The minimum atomic E-state index is -0.325. The van der Waals surface area contributed by atoms with E-state index >= 15 is 0 Å². The van der Waals surface area contributed by atoms with E-state index in [0.717, 1.165) is 23.9 Å². The van der Waals surface area contributed by atoms with Gasteiger partial charge in [-0.3, -0.25) is 10.1 Å². The largest absolute Gasteiger partial charge is 0.342 e. The summed E-state index contributed by atoms with van der Waals surface area (Å²) < 4.78 is 1.94. The zero-order valence-corrected chi connectivity index (χ0v) is 8.51. The Morgan fingerprint density at radius 1 is 1.40 bits per heavy atom. The number of benzene rings is 1. The third kappa shape index (κ3) is 1.58. The van der Waals surface area contributed by atoms with Crippen LogP contribution in [0.4, 0.5) is 5.69 Å². The third-order valence-corrected chi connectivity index (χ3v) is 2.43. The summed E-state index contributed by atoms with van der Waals surface area (Å²) in [5.41, 5.74) is 0.912. The second-order valence-electron chi connectivity index (χ2n) is 3.48. The van der Waals surface area contributed by atoms with E-state index in [-0.39, 0.29) is 10.6 Å². The Morgan fingerprint density at radius 3 is 2.87 bits per heavy atom. The van der Waals surface area contributed by atoms with Crippen LogP contribution in [-0.4, -0.2) is 9.49 Å². The van der Waals surface area contributed by atoms with Crippen molar-refractivity contribution in [1.82, 2.24) is 4.57 Å². The van der Waals surface area contributed by atoms with Gasteiger partial charge in [0.25, 0.3) is 5.69 Å². The third-order valence-electron chi connectivity index (χ3n) is 2.43. The fourth-order valence-electron chi connectivity index (χ4n) is 1.82. The van der Waals surface area contributed by atoms with Crippen LogP contribution < -0.4 is 0 Å². The molecule has 0 saturated carbocycles. The highest BCUT2D eigenvalue weighted by Crippen LogP contribution is 2.26. The Balaban J connectivity index is 2.69. The fourth-order valence-corrected chi connectivity index (χ4v) is 1.82. The van der Waals surface area contributed by atoms with Gasteiger partial charge in [-0.05, 0) is 12.5 Å². The van der Waals surface area contributed by atoms with Gasteiger partial charge in [0.1, 0.15) is 5.52 Å². The molecule has 0 unspecified atom stereocenters. The van der Waals surface area contributed by atoms with E-state index in [9.17, 15) is 10.1 Å². The van der Waals surface area contributed by atoms with E-state index in [4.69, 9.17) is 0 Å². The molecule has 0 aliphatic carbocycles. The first-order valence-corrected chi connectivity index (χ1v) is 4.96. The van der Waals surface area contributed by atoms with Crippen molar-refractivity contribution in [3.8, 4) is 0 Å². The van der Waals surface area contributed by atoms with E-state index in [2.05, 4.69) is 6.92 Å².